The van der Waals surface area contributed by atoms with Gasteiger partial charge in [-0.25, -0.2) is 0 Å². The summed E-state index contributed by atoms with van der Waals surface area (Å²) in [6, 6.07) is 22.9. The van der Waals surface area contributed by atoms with Crippen LogP contribution in [0, 0.1) is 5.92 Å². The van der Waals surface area contributed by atoms with Gasteiger partial charge in [0, 0.05) is 34.6 Å². The quantitative estimate of drug-likeness (QED) is 0.209. The van der Waals surface area contributed by atoms with Gasteiger partial charge in [0.25, 0.3) is 0 Å². The number of nitrogens with one attached hydrogen (secondary N) is 2. The Morgan fingerprint density at radius 2 is 1.75 bits per heavy atom. The number of hydrogen-bond acceptors (Lipinski definition) is 5. The molecule has 7 nitrogen and oxygen atoms in total. The molecular formula is C32H34ClN3O4. The molecule has 8 heteroatoms. The number of aromatic nitrogens is 1. The van der Waals surface area contributed by atoms with E-state index in [1.165, 1.54) is 0 Å². The topological polar surface area (TPSA) is 97.8 Å². The van der Waals surface area contributed by atoms with Crippen molar-refractivity contribution in [1.29, 1.82) is 0 Å². The second-order valence-corrected chi connectivity index (χ2v) is 10.6. The molecule has 4 aromatic rings. The monoisotopic (exact) mass is 559 g/mol. The SMILES string of the molecule is C[C@@H](O)[C@H]1ON(Cc2ccc(/C=C/c3ccc(Cl)cc3)cc2)C(C(=O)NCCc2c[nH]c3ccccc23)[C@H]1CO. The summed E-state index contributed by atoms with van der Waals surface area (Å²) in [5.74, 6) is -0.792. The number of H-pyrrole nitrogens is 1. The standard InChI is InChI=1S/C32H34ClN3O4/c1-21(38)31-28(20-37)30(32(39)34-17-16-25-18-35-29-5-3-2-4-27(25)29)36(40-31)19-24-10-8-22(9-11-24)6-7-23-12-14-26(33)15-13-23/h2-15,18,21,28,30-31,35,37-38H,16-17,19-20H2,1H3,(H,34,39)/b7-6+/t21-,28-,30?,31-/m1/s1. The molecule has 5 rings (SSSR count). The highest BCUT2D eigenvalue weighted by molar-refractivity contribution is 6.30. The van der Waals surface area contributed by atoms with Crippen molar-refractivity contribution >= 4 is 40.6 Å². The molecule has 1 saturated heterocycles. The largest absolute Gasteiger partial charge is 0.396 e. The van der Waals surface area contributed by atoms with Gasteiger partial charge in [-0.1, -0.05) is 78.4 Å². The van der Waals surface area contributed by atoms with Crippen molar-refractivity contribution in [2.75, 3.05) is 13.2 Å². The van der Waals surface area contributed by atoms with E-state index in [0.717, 1.165) is 33.2 Å². The lowest BCUT2D eigenvalue weighted by Gasteiger charge is -2.24. The fraction of sp³-hybridized carbons (Fsp3) is 0.281. The Morgan fingerprint density at radius 3 is 2.42 bits per heavy atom. The zero-order chi connectivity index (χ0) is 28.1. The lowest BCUT2D eigenvalue weighted by Crippen LogP contribution is -2.48. The second-order valence-electron chi connectivity index (χ2n) is 10.2. The van der Waals surface area contributed by atoms with Gasteiger partial charge >= 0.3 is 0 Å². The van der Waals surface area contributed by atoms with E-state index in [9.17, 15) is 15.0 Å². The van der Waals surface area contributed by atoms with Crippen LogP contribution in [0.2, 0.25) is 5.02 Å². The minimum Gasteiger partial charge on any atom is -0.396 e. The Kier molecular flexibility index (Phi) is 8.99. The smallest absolute Gasteiger partial charge is 0.240 e. The molecular weight excluding hydrogens is 526 g/mol. The number of carbonyl (C=O) groups excluding carboxylic acids is 1. The van der Waals surface area contributed by atoms with E-state index in [1.807, 2.05) is 85.1 Å². The van der Waals surface area contributed by atoms with Crippen molar-refractivity contribution in [2.24, 2.45) is 5.92 Å². The van der Waals surface area contributed by atoms with Crippen LogP contribution in [0.5, 0.6) is 0 Å². The van der Waals surface area contributed by atoms with E-state index in [-0.39, 0.29) is 12.5 Å². The highest BCUT2D eigenvalue weighted by atomic mass is 35.5. The highest BCUT2D eigenvalue weighted by Gasteiger charge is 2.48. The van der Waals surface area contributed by atoms with Gasteiger partial charge in [-0.15, -0.1) is 0 Å². The summed E-state index contributed by atoms with van der Waals surface area (Å²) in [6.07, 6.45) is 5.15. The number of fused-ring (bicyclic) bond motifs is 1. The van der Waals surface area contributed by atoms with Crippen LogP contribution in [0.25, 0.3) is 23.1 Å². The number of hydrogen-bond donors (Lipinski definition) is 4. The number of hydroxylamine groups is 2. The Hall–Kier alpha value is -3.46. The van der Waals surface area contributed by atoms with E-state index in [1.54, 1.807) is 12.0 Å². The molecule has 0 aliphatic carbocycles. The van der Waals surface area contributed by atoms with Crippen LogP contribution < -0.4 is 5.32 Å². The van der Waals surface area contributed by atoms with Crippen LogP contribution in [-0.2, 0) is 22.6 Å². The molecule has 3 aromatic carbocycles. The Balaban J connectivity index is 1.25. The van der Waals surface area contributed by atoms with E-state index in [4.69, 9.17) is 16.4 Å². The number of aliphatic hydroxyl groups excluding tert-OH is 2. The van der Waals surface area contributed by atoms with Gasteiger partial charge in [0.1, 0.15) is 12.1 Å². The van der Waals surface area contributed by atoms with Crippen LogP contribution in [0.1, 0.15) is 29.2 Å². The maximum atomic E-state index is 13.4. The maximum Gasteiger partial charge on any atom is 0.240 e. The summed E-state index contributed by atoms with van der Waals surface area (Å²) in [6.45, 7) is 2.12. The molecule has 208 valence electrons. The van der Waals surface area contributed by atoms with Crippen molar-refractivity contribution in [3.05, 3.63) is 106 Å². The van der Waals surface area contributed by atoms with Crippen molar-refractivity contribution < 1.29 is 19.8 Å². The average Bonchev–Trinajstić information content (AvgIpc) is 3.55. The summed E-state index contributed by atoms with van der Waals surface area (Å²) in [5, 5.41) is 27.0. The first-order chi connectivity index (χ1) is 19.4. The Labute approximate surface area is 239 Å². The normalized spacial score (nSPS) is 20.4. The molecule has 0 radical (unpaired) electrons. The van der Waals surface area contributed by atoms with Gasteiger partial charge in [-0.3, -0.25) is 9.63 Å². The minimum absolute atomic E-state index is 0.232. The number of rotatable bonds is 10. The van der Waals surface area contributed by atoms with E-state index in [2.05, 4.69) is 16.4 Å². The van der Waals surface area contributed by atoms with E-state index in [0.29, 0.717) is 24.5 Å². The summed E-state index contributed by atoms with van der Waals surface area (Å²) in [7, 11) is 0. The number of aromatic amines is 1. The zero-order valence-electron chi connectivity index (χ0n) is 22.3. The van der Waals surface area contributed by atoms with Gasteiger partial charge in [-0.2, -0.15) is 5.06 Å². The van der Waals surface area contributed by atoms with Crippen LogP contribution >= 0.6 is 11.6 Å². The predicted octanol–water partition coefficient (Wildman–Crippen LogP) is 4.82. The van der Waals surface area contributed by atoms with Gasteiger partial charge in [-0.05, 0) is 53.8 Å². The molecule has 40 heavy (non-hydrogen) atoms. The van der Waals surface area contributed by atoms with E-state index >= 15 is 0 Å². The lowest BCUT2D eigenvalue weighted by atomic mass is 9.92. The maximum absolute atomic E-state index is 13.4. The third-order valence-corrected chi connectivity index (χ3v) is 7.63. The molecule has 1 amide bonds. The molecule has 4 N–H and O–H groups in total. The number of halogens is 1. The fourth-order valence-corrected chi connectivity index (χ4v) is 5.37. The van der Waals surface area contributed by atoms with Gasteiger partial charge in [0.05, 0.1) is 19.3 Å². The van der Waals surface area contributed by atoms with Gasteiger partial charge in [0.2, 0.25) is 5.91 Å². The summed E-state index contributed by atoms with van der Waals surface area (Å²) >= 11 is 5.96. The molecule has 2 heterocycles. The summed E-state index contributed by atoms with van der Waals surface area (Å²) in [5.41, 5.74) is 5.22. The molecule has 1 fully saturated rings. The highest BCUT2D eigenvalue weighted by Crippen LogP contribution is 2.31. The van der Waals surface area contributed by atoms with E-state index < -0.39 is 24.2 Å². The first kappa shape index (κ1) is 28.1. The van der Waals surface area contributed by atoms with Crippen LogP contribution in [-0.4, -0.2) is 57.6 Å². The molecule has 1 aliphatic rings. The summed E-state index contributed by atoms with van der Waals surface area (Å²) in [4.78, 5) is 22.7. The van der Waals surface area contributed by atoms with Crippen molar-refractivity contribution in [3.63, 3.8) is 0 Å². The number of para-hydroxylation sites is 1. The third-order valence-electron chi connectivity index (χ3n) is 7.37. The first-order valence-electron chi connectivity index (χ1n) is 13.5. The Morgan fingerprint density at radius 1 is 1.07 bits per heavy atom. The molecule has 0 spiro atoms. The Bertz CT molecular complexity index is 1450. The minimum atomic E-state index is -0.843. The lowest BCUT2D eigenvalue weighted by molar-refractivity contribution is -0.192. The predicted molar refractivity (Wildman–Crippen MR) is 158 cm³/mol. The number of nitrogens with zero attached hydrogens (tertiary/aromatic N) is 1. The van der Waals surface area contributed by atoms with Crippen molar-refractivity contribution in [3.8, 4) is 0 Å². The number of carbonyl (C=O) groups is 1. The number of aliphatic hydroxyl groups is 2. The molecule has 1 aromatic heterocycles. The van der Waals surface area contributed by atoms with Crippen LogP contribution in [0.15, 0.2) is 79.0 Å². The molecule has 1 unspecified atom stereocenters. The number of benzene rings is 3. The fourth-order valence-electron chi connectivity index (χ4n) is 5.25. The molecule has 1 aliphatic heterocycles. The molecule has 0 bridgehead atoms. The zero-order valence-corrected chi connectivity index (χ0v) is 23.1. The van der Waals surface area contributed by atoms with Gasteiger partial charge < -0.3 is 20.5 Å². The van der Waals surface area contributed by atoms with Crippen LogP contribution in [0.4, 0.5) is 0 Å². The van der Waals surface area contributed by atoms with Crippen molar-refractivity contribution in [2.45, 2.75) is 38.1 Å². The van der Waals surface area contributed by atoms with Crippen LogP contribution in [0.3, 0.4) is 0 Å². The molecule has 0 saturated carbocycles. The third kappa shape index (κ3) is 6.46. The second kappa shape index (κ2) is 12.8. The van der Waals surface area contributed by atoms with Crippen molar-refractivity contribution in [1.82, 2.24) is 15.4 Å². The average molecular weight is 560 g/mol. The number of amides is 1. The first-order valence-corrected chi connectivity index (χ1v) is 13.9. The van der Waals surface area contributed by atoms with Gasteiger partial charge in [0.15, 0.2) is 0 Å². The summed E-state index contributed by atoms with van der Waals surface area (Å²) < 4.78 is 0. The molecule has 4 atom stereocenters.